The molecular weight excluding hydrogens is 433 g/mol. The summed E-state index contributed by atoms with van der Waals surface area (Å²) in [6.07, 6.45) is 2.51. The molecule has 1 aliphatic carbocycles. The van der Waals surface area contributed by atoms with Crippen LogP contribution < -0.4 is 5.32 Å². The van der Waals surface area contributed by atoms with Crippen LogP contribution in [0.25, 0.3) is 0 Å². The molecule has 1 fully saturated rings. The van der Waals surface area contributed by atoms with Gasteiger partial charge in [-0.15, -0.1) is 0 Å². The molecule has 1 saturated carbocycles. The van der Waals surface area contributed by atoms with E-state index in [0.717, 1.165) is 25.7 Å². The van der Waals surface area contributed by atoms with Gasteiger partial charge in [-0.05, 0) is 55.2 Å². The zero-order valence-electron chi connectivity index (χ0n) is 18.2. The highest BCUT2D eigenvalue weighted by Crippen LogP contribution is 2.40. The van der Waals surface area contributed by atoms with E-state index in [0.29, 0.717) is 27.2 Å². The molecule has 0 saturated heterocycles. The molecule has 3 rings (SSSR count). The Hall–Kier alpha value is -2.04. The van der Waals surface area contributed by atoms with E-state index in [-0.39, 0.29) is 17.3 Å². The van der Waals surface area contributed by atoms with Crippen LogP contribution in [0.1, 0.15) is 58.1 Å². The molecule has 1 aliphatic rings. The van der Waals surface area contributed by atoms with Gasteiger partial charge in [0.1, 0.15) is 0 Å². The summed E-state index contributed by atoms with van der Waals surface area (Å²) in [5.74, 6) is -0.350. The van der Waals surface area contributed by atoms with Crippen molar-refractivity contribution in [2.45, 2.75) is 52.6 Å². The second-order valence-corrected chi connectivity index (χ2v) is 10.2. The SMILES string of the molecule is CC(C)(C)C1CCC(C(=O)O[C@H](C(=O)Nc2cc(Cl)cc(Cl)c2)c2ccccc2)CC1. The van der Waals surface area contributed by atoms with Gasteiger partial charge >= 0.3 is 5.97 Å². The number of amides is 1. The fourth-order valence-corrected chi connectivity index (χ4v) is 4.67. The number of carbonyl (C=O) groups excluding carboxylic acids is 2. The first-order chi connectivity index (χ1) is 14.6. The van der Waals surface area contributed by atoms with Gasteiger partial charge in [0.15, 0.2) is 0 Å². The van der Waals surface area contributed by atoms with Crippen molar-refractivity contribution in [1.29, 1.82) is 0 Å². The van der Waals surface area contributed by atoms with Crippen molar-refractivity contribution in [3.8, 4) is 0 Å². The molecule has 0 aromatic heterocycles. The van der Waals surface area contributed by atoms with Gasteiger partial charge < -0.3 is 10.1 Å². The van der Waals surface area contributed by atoms with Crippen molar-refractivity contribution in [3.63, 3.8) is 0 Å². The van der Waals surface area contributed by atoms with Crippen molar-refractivity contribution < 1.29 is 14.3 Å². The third-order valence-electron chi connectivity index (χ3n) is 5.99. The largest absolute Gasteiger partial charge is 0.447 e. The number of anilines is 1. The molecule has 2 aromatic carbocycles. The Morgan fingerprint density at radius 3 is 2.10 bits per heavy atom. The maximum atomic E-state index is 13.1. The Morgan fingerprint density at radius 1 is 0.968 bits per heavy atom. The zero-order valence-corrected chi connectivity index (χ0v) is 19.7. The van der Waals surface area contributed by atoms with Crippen molar-refractivity contribution in [3.05, 3.63) is 64.1 Å². The van der Waals surface area contributed by atoms with E-state index < -0.39 is 12.0 Å². The van der Waals surface area contributed by atoms with Crippen LogP contribution in [0.2, 0.25) is 10.0 Å². The van der Waals surface area contributed by atoms with E-state index in [4.69, 9.17) is 27.9 Å². The second kappa shape index (κ2) is 10.1. The van der Waals surface area contributed by atoms with E-state index in [2.05, 4.69) is 26.1 Å². The predicted molar refractivity (Wildman–Crippen MR) is 125 cm³/mol. The first-order valence-electron chi connectivity index (χ1n) is 10.7. The number of ether oxygens (including phenoxy) is 1. The Balaban J connectivity index is 1.72. The molecule has 2 aromatic rings. The molecule has 0 aliphatic heterocycles. The standard InChI is InChI=1S/C25H29Cl2NO3/c1-25(2,3)18-11-9-17(10-12-18)24(30)31-22(16-7-5-4-6-8-16)23(29)28-21-14-19(26)13-20(27)15-21/h4-8,13-15,17-18,22H,9-12H2,1-3H3,(H,28,29)/t17?,18?,22-/m0/s1. The number of rotatable bonds is 5. The summed E-state index contributed by atoms with van der Waals surface area (Å²) >= 11 is 12.1. The van der Waals surface area contributed by atoms with Gasteiger partial charge in [0, 0.05) is 21.3 Å². The number of carbonyl (C=O) groups is 2. The monoisotopic (exact) mass is 461 g/mol. The highest BCUT2D eigenvalue weighted by atomic mass is 35.5. The third-order valence-corrected chi connectivity index (χ3v) is 6.43. The number of hydrogen-bond donors (Lipinski definition) is 1. The van der Waals surface area contributed by atoms with Crippen LogP contribution in [0, 0.1) is 17.3 Å². The van der Waals surface area contributed by atoms with Gasteiger partial charge in [-0.3, -0.25) is 9.59 Å². The molecule has 0 bridgehead atoms. The highest BCUT2D eigenvalue weighted by Gasteiger charge is 2.35. The average molecular weight is 462 g/mol. The van der Waals surface area contributed by atoms with E-state index >= 15 is 0 Å². The van der Waals surface area contributed by atoms with Gasteiger partial charge in [0.2, 0.25) is 6.10 Å². The fourth-order valence-electron chi connectivity index (χ4n) is 4.14. The quantitative estimate of drug-likeness (QED) is 0.484. The number of benzene rings is 2. The van der Waals surface area contributed by atoms with Gasteiger partial charge in [-0.2, -0.15) is 0 Å². The van der Waals surface area contributed by atoms with E-state index in [1.54, 1.807) is 30.3 Å². The molecule has 1 amide bonds. The second-order valence-electron chi connectivity index (χ2n) is 9.29. The molecule has 166 valence electrons. The van der Waals surface area contributed by atoms with E-state index in [9.17, 15) is 9.59 Å². The lowest BCUT2D eigenvalue weighted by Crippen LogP contribution is -2.32. The molecule has 4 nitrogen and oxygen atoms in total. The summed E-state index contributed by atoms with van der Waals surface area (Å²) in [5, 5.41) is 3.59. The van der Waals surface area contributed by atoms with E-state index in [1.165, 1.54) is 0 Å². The van der Waals surface area contributed by atoms with Gasteiger partial charge in [-0.1, -0.05) is 74.3 Å². The molecule has 1 atom stereocenters. The predicted octanol–water partition coefficient (Wildman–Crippen LogP) is 7.07. The highest BCUT2D eigenvalue weighted by molar-refractivity contribution is 6.35. The Kier molecular flexibility index (Phi) is 7.66. The molecule has 0 unspecified atom stereocenters. The van der Waals surface area contributed by atoms with E-state index in [1.807, 2.05) is 18.2 Å². The lowest BCUT2D eigenvalue weighted by atomic mass is 9.70. The first-order valence-corrected chi connectivity index (χ1v) is 11.4. The zero-order chi connectivity index (χ0) is 22.6. The minimum atomic E-state index is -1.05. The van der Waals surface area contributed by atoms with Crippen molar-refractivity contribution in [2.24, 2.45) is 17.3 Å². The average Bonchev–Trinajstić information content (AvgIpc) is 2.71. The maximum Gasteiger partial charge on any atom is 0.310 e. The number of halogens is 2. The summed E-state index contributed by atoms with van der Waals surface area (Å²) in [5.41, 5.74) is 1.30. The Labute approximate surface area is 194 Å². The van der Waals surface area contributed by atoms with Crippen LogP contribution in [0.5, 0.6) is 0 Å². The van der Waals surface area contributed by atoms with Crippen molar-refractivity contribution in [2.75, 3.05) is 5.32 Å². The van der Waals surface area contributed by atoms with Crippen LogP contribution in [-0.2, 0) is 14.3 Å². The van der Waals surface area contributed by atoms with Crippen molar-refractivity contribution in [1.82, 2.24) is 0 Å². The first kappa shape index (κ1) is 23.6. The molecule has 31 heavy (non-hydrogen) atoms. The van der Waals surface area contributed by atoms with Crippen LogP contribution in [-0.4, -0.2) is 11.9 Å². The Morgan fingerprint density at radius 2 is 1.55 bits per heavy atom. The molecule has 6 heteroatoms. The summed E-state index contributed by atoms with van der Waals surface area (Å²) in [6, 6.07) is 13.8. The van der Waals surface area contributed by atoms with Crippen LogP contribution in [0.3, 0.4) is 0 Å². The van der Waals surface area contributed by atoms with Crippen LogP contribution >= 0.6 is 23.2 Å². The number of esters is 1. The van der Waals surface area contributed by atoms with Gasteiger partial charge in [-0.25, -0.2) is 0 Å². The smallest absolute Gasteiger partial charge is 0.310 e. The molecule has 0 radical (unpaired) electrons. The minimum Gasteiger partial charge on any atom is -0.447 e. The van der Waals surface area contributed by atoms with Crippen LogP contribution in [0.15, 0.2) is 48.5 Å². The maximum absolute atomic E-state index is 13.1. The third kappa shape index (κ3) is 6.47. The normalized spacial score (nSPS) is 20.0. The molecule has 0 spiro atoms. The summed E-state index contributed by atoms with van der Waals surface area (Å²) in [6.45, 7) is 6.73. The Bertz CT molecular complexity index is 896. The van der Waals surface area contributed by atoms with Crippen LogP contribution in [0.4, 0.5) is 5.69 Å². The number of hydrogen-bond acceptors (Lipinski definition) is 3. The van der Waals surface area contributed by atoms with Gasteiger partial charge in [0.05, 0.1) is 5.92 Å². The molecule has 0 heterocycles. The van der Waals surface area contributed by atoms with Gasteiger partial charge in [0.25, 0.3) is 5.91 Å². The lowest BCUT2D eigenvalue weighted by molar-refractivity contribution is -0.160. The summed E-state index contributed by atoms with van der Waals surface area (Å²) in [7, 11) is 0. The minimum absolute atomic E-state index is 0.182. The topological polar surface area (TPSA) is 55.4 Å². The molecular formula is C25H29Cl2NO3. The molecule has 1 N–H and O–H groups in total. The van der Waals surface area contributed by atoms with Crippen molar-refractivity contribution >= 4 is 40.8 Å². The fraction of sp³-hybridized carbons (Fsp3) is 0.440. The summed E-state index contributed by atoms with van der Waals surface area (Å²) < 4.78 is 5.77. The lowest BCUT2D eigenvalue weighted by Gasteiger charge is -2.36. The number of nitrogens with one attached hydrogen (secondary N) is 1. The summed E-state index contributed by atoms with van der Waals surface area (Å²) in [4.78, 5) is 26.0.